The van der Waals surface area contributed by atoms with Crippen LogP contribution in [-0.2, 0) is 0 Å². The number of hydrogen-bond donors (Lipinski definition) is 2. The standard InChI is InChI=1S/C31H43N9O2/c1-5-25-29-37-36-20(2)40(29)26-18-32-31(35-28(26)39(25)19-21-9-7-6-8-10-21)34-24-12-11-22(17-27(24)42-4)30(41)33-23-13-15-38(3)16-14-23/h11-12,17-18,21,23,25H,5-10,13-16,19H2,1-4H3,(H,33,41)(H,32,34,35). The molecule has 1 aromatic carbocycles. The molecule has 1 aliphatic carbocycles. The molecule has 0 bridgehead atoms. The second-order valence-corrected chi connectivity index (χ2v) is 12.0. The number of hydrogen-bond acceptors (Lipinski definition) is 9. The topological polar surface area (TPSA) is 113 Å². The van der Waals surface area contributed by atoms with Crippen LogP contribution in [0.15, 0.2) is 24.4 Å². The molecule has 2 aromatic heterocycles. The van der Waals surface area contributed by atoms with Gasteiger partial charge in [-0.1, -0.05) is 26.2 Å². The lowest BCUT2D eigenvalue weighted by Gasteiger charge is -2.39. The second kappa shape index (κ2) is 12.2. The van der Waals surface area contributed by atoms with Gasteiger partial charge in [0.05, 0.1) is 25.0 Å². The fourth-order valence-electron chi connectivity index (χ4n) is 6.72. The summed E-state index contributed by atoms with van der Waals surface area (Å²) < 4.78 is 7.80. The Morgan fingerprint density at radius 3 is 2.62 bits per heavy atom. The first-order valence-corrected chi connectivity index (χ1v) is 15.5. The number of benzene rings is 1. The molecule has 4 heterocycles. The maximum absolute atomic E-state index is 13.0. The number of nitrogens with zero attached hydrogens (tertiary/aromatic N) is 7. The average molecular weight is 574 g/mol. The third-order valence-electron chi connectivity index (χ3n) is 9.12. The molecule has 1 saturated carbocycles. The van der Waals surface area contributed by atoms with Gasteiger partial charge in [0.15, 0.2) is 11.6 Å². The van der Waals surface area contributed by atoms with Gasteiger partial charge in [0, 0.05) is 18.2 Å². The number of carbonyl (C=O) groups excluding carboxylic acids is 1. The van der Waals surface area contributed by atoms with Gasteiger partial charge < -0.3 is 25.2 Å². The van der Waals surface area contributed by atoms with Crippen molar-refractivity contribution in [2.45, 2.75) is 77.3 Å². The summed E-state index contributed by atoms with van der Waals surface area (Å²) in [5.41, 5.74) is 2.19. The van der Waals surface area contributed by atoms with Gasteiger partial charge in [-0.3, -0.25) is 9.36 Å². The summed E-state index contributed by atoms with van der Waals surface area (Å²) in [7, 11) is 3.73. The zero-order valence-electron chi connectivity index (χ0n) is 25.3. The van der Waals surface area contributed by atoms with Crippen LogP contribution in [-0.4, -0.2) is 75.4 Å². The molecule has 6 rings (SSSR count). The Hall–Kier alpha value is -3.73. The van der Waals surface area contributed by atoms with Gasteiger partial charge in [-0.2, -0.15) is 4.98 Å². The van der Waals surface area contributed by atoms with Crippen molar-refractivity contribution >= 4 is 23.4 Å². The van der Waals surface area contributed by atoms with E-state index in [1.54, 1.807) is 13.2 Å². The third kappa shape index (κ3) is 5.66. The molecule has 2 N–H and O–H groups in total. The van der Waals surface area contributed by atoms with Crippen LogP contribution in [0.2, 0.25) is 0 Å². The predicted octanol–water partition coefficient (Wildman–Crippen LogP) is 4.79. The third-order valence-corrected chi connectivity index (χ3v) is 9.12. The van der Waals surface area contributed by atoms with Gasteiger partial charge in [0.2, 0.25) is 5.95 Å². The Labute approximate surface area is 248 Å². The number of amides is 1. The number of methoxy groups -OCH3 is 1. The van der Waals surface area contributed by atoms with E-state index in [-0.39, 0.29) is 18.0 Å². The Kier molecular flexibility index (Phi) is 8.28. The van der Waals surface area contributed by atoms with E-state index >= 15 is 0 Å². The van der Waals surface area contributed by atoms with Gasteiger partial charge >= 0.3 is 0 Å². The van der Waals surface area contributed by atoms with Crippen LogP contribution in [0.25, 0.3) is 5.69 Å². The summed E-state index contributed by atoms with van der Waals surface area (Å²) in [5.74, 6) is 4.29. The lowest BCUT2D eigenvalue weighted by Crippen LogP contribution is -2.43. The van der Waals surface area contributed by atoms with Crippen molar-refractivity contribution in [1.82, 2.24) is 34.9 Å². The number of anilines is 3. The first-order chi connectivity index (χ1) is 20.4. The van der Waals surface area contributed by atoms with E-state index < -0.39 is 0 Å². The molecule has 0 spiro atoms. The molecule has 2 aliphatic heterocycles. The highest BCUT2D eigenvalue weighted by atomic mass is 16.5. The summed E-state index contributed by atoms with van der Waals surface area (Å²) in [5, 5.41) is 15.5. The SMILES string of the molecule is CCC1c2nnc(C)n2-c2cnc(Nc3ccc(C(=O)NC4CCN(C)CC4)cc3OC)nc2N1CC1CCCCC1. The molecule has 1 saturated heterocycles. The summed E-state index contributed by atoms with van der Waals surface area (Å²) in [6.45, 7) is 7.11. The number of aryl methyl sites for hydroxylation is 1. The minimum Gasteiger partial charge on any atom is -0.495 e. The van der Waals surface area contributed by atoms with Crippen molar-refractivity contribution in [3.05, 3.63) is 41.6 Å². The van der Waals surface area contributed by atoms with Crippen LogP contribution in [0, 0.1) is 12.8 Å². The summed E-state index contributed by atoms with van der Waals surface area (Å²) in [6.07, 6.45) is 11.1. The van der Waals surface area contributed by atoms with E-state index in [1.165, 1.54) is 32.1 Å². The molecular weight excluding hydrogens is 530 g/mol. The van der Waals surface area contributed by atoms with E-state index in [9.17, 15) is 4.79 Å². The molecule has 1 unspecified atom stereocenters. The lowest BCUT2D eigenvalue weighted by molar-refractivity contribution is 0.0916. The van der Waals surface area contributed by atoms with Crippen LogP contribution in [0.1, 0.15) is 86.3 Å². The molecule has 3 aliphatic rings. The number of rotatable bonds is 8. The maximum Gasteiger partial charge on any atom is 0.251 e. The predicted molar refractivity (Wildman–Crippen MR) is 163 cm³/mol. The Morgan fingerprint density at radius 2 is 1.88 bits per heavy atom. The molecule has 3 aromatic rings. The van der Waals surface area contributed by atoms with Gasteiger partial charge in [0.1, 0.15) is 17.3 Å². The zero-order chi connectivity index (χ0) is 29.2. The Bertz CT molecular complexity index is 1410. The molecule has 11 heteroatoms. The normalized spacial score (nSPS) is 19.7. The van der Waals surface area contributed by atoms with Crippen LogP contribution >= 0.6 is 0 Å². The number of nitrogens with one attached hydrogen (secondary N) is 2. The van der Waals surface area contributed by atoms with Crippen molar-refractivity contribution in [2.75, 3.05) is 44.0 Å². The molecule has 42 heavy (non-hydrogen) atoms. The van der Waals surface area contributed by atoms with Gasteiger partial charge in [0.25, 0.3) is 5.91 Å². The van der Waals surface area contributed by atoms with Crippen LogP contribution < -0.4 is 20.3 Å². The van der Waals surface area contributed by atoms with Crippen LogP contribution in [0.5, 0.6) is 5.75 Å². The average Bonchev–Trinajstić information content (AvgIpc) is 3.40. The first-order valence-electron chi connectivity index (χ1n) is 15.5. The second-order valence-electron chi connectivity index (χ2n) is 12.0. The Balaban J connectivity index is 1.26. The van der Waals surface area contributed by atoms with Crippen molar-refractivity contribution < 1.29 is 9.53 Å². The highest BCUT2D eigenvalue weighted by Gasteiger charge is 2.36. The highest BCUT2D eigenvalue weighted by molar-refractivity contribution is 5.95. The summed E-state index contributed by atoms with van der Waals surface area (Å²) in [4.78, 5) is 27.5. The lowest BCUT2D eigenvalue weighted by atomic mass is 9.88. The minimum absolute atomic E-state index is 0.0801. The quantitative estimate of drug-likeness (QED) is 0.393. The van der Waals surface area contributed by atoms with E-state index in [2.05, 4.69) is 49.2 Å². The van der Waals surface area contributed by atoms with Gasteiger partial charge in [-0.15, -0.1) is 10.2 Å². The Morgan fingerprint density at radius 1 is 1.10 bits per heavy atom. The van der Waals surface area contributed by atoms with Crippen molar-refractivity contribution in [2.24, 2.45) is 5.92 Å². The zero-order valence-corrected chi connectivity index (χ0v) is 25.3. The number of aromatic nitrogens is 5. The molecule has 224 valence electrons. The van der Waals surface area contributed by atoms with E-state index in [0.29, 0.717) is 28.9 Å². The van der Waals surface area contributed by atoms with Gasteiger partial charge in [-0.25, -0.2) is 4.98 Å². The largest absolute Gasteiger partial charge is 0.495 e. The first kappa shape index (κ1) is 28.4. The van der Waals surface area contributed by atoms with Crippen molar-refractivity contribution in [3.8, 4) is 11.4 Å². The van der Waals surface area contributed by atoms with E-state index in [1.807, 2.05) is 25.3 Å². The number of ether oxygens (including phenoxy) is 1. The summed E-state index contributed by atoms with van der Waals surface area (Å²) in [6, 6.07) is 5.76. The monoisotopic (exact) mass is 573 g/mol. The fourth-order valence-corrected chi connectivity index (χ4v) is 6.72. The van der Waals surface area contributed by atoms with Crippen LogP contribution in [0.3, 0.4) is 0 Å². The summed E-state index contributed by atoms with van der Waals surface area (Å²) >= 11 is 0. The smallest absolute Gasteiger partial charge is 0.251 e. The van der Waals surface area contributed by atoms with Crippen molar-refractivity contribution in [3.63, 3.8) is 0 Å². The van der Waals surface area contributed by atoms with Gasteiger partial charge in [-0.05, 0) is 83.3 Å². The van der Waals surface area contributed by atoms with Crippen molar-refractivity contribution in [1.29, 1.82) is 0 Å². The molecule has 0 radical (unpaired) electrons. The number of piperidine rings is 1. The number of fused-ring (bicyclic) bond motifs is 3. The number of carbonyl (C=O) groups is 1. The minimum atomic E-state index is -0.0801. The molecule has 1 atom stereocenters. The maximum atomic E-state index is 13.0. The van der Waals surface area contributed by atoms with E-state index in [4.69, 9.17) is 14.7 Å². The molecule has 11 nitrogen and oxygen atoms in total. The van der Waals surface area contributed by atoms with Crippen LogP contribution in [0.4, 0.5) is 17.5 Å². The fraction of sp³-hybridized carbons (Fsp3) is 0.581. The highest BCUT2D eigenvalue weighted by Crippen LogP contribution is 2.41. The van der Waals surface area contributed by atoms with E-state index in [0.717, 1.165) is 62.1 Å². The molecule has 2 fully saturated rings. The number of likely N-dealkylation sites (tertiary alicyclic amines) is 1. The molecule has 1 amide bonds. The molecular formula is C31H43N9O2.